The van der Waals surface area contributed by atoms with Crippen LogP contribution in [0.15, 0.2) is 24.4 Å². The van der Waals surface area contributed by atoms with E-state index in [0.717, 1.165) is 11.6 Å². The third kappa shape index (κ3) is 4.83. The number of aromatic nitrogens is 6. The van der Waals surface area contributed by atoms with Crippen LogP contribution in [-0.4, -0.2) is 84.3 Å². The number of aliphatic hydroxyl groups is 1. The molecule has 0 aliphatic carbocycles. The molecule has 1 aliphatic heterocycles. The molecule has 1 fully saturated rings. The number of methoxy groups -OCH3 is 1. The molecule has 0 unspecified atom stereocenters. The molecule has 11 nitrogen and oxygen atoms in total. The summed E-state index contributed by atoms with van der Waals surface area (Å²) in [6.07, 6.45) is 1.81. The highest BCUT2D eigenvalue weighted by Gasteiger charge is 2.30. The lowest BCUT2D eigenvalue weighted by atomic mass is 9.94. The minimum Gasteiger partial charge on any atom is -0.479 e. The highest BCUT2D eigenvalue weighted by Crippen LogP contribution is 2.35. The zero-order valence-corrected chi connectivity index (χ0v) is 21.0. The molecule has 0 spiro atoms. The average molecular weight is 533 g/mol. The minimum atomic E-state index is -3.01. The number of amides is 1. The van der Waals surface area contributed by atoms with Gasteiger partial charge in [0, 0.05) is 26.1 Å². The molecule has 1 aromatic carbocycles. The highest BCUT2D eigenvalue weighted by molar-refractivity contribution is 5.89. The van der Waals surface area contributed by atoms with E-state index in [-0.39, 0.29) is 40.8 Å². The molecular weight excluding hydrogens is 505 g/mol. The lowest BCUT2D eigenvalue weighted by Crippen LogP contribution is -2.48. The van der Waals surface area contributed by atoms with Crippen molar-refractivity contribution < 1.29 is 27.8 Å². The normalized spacial score (nSPS) is 18.3. The minimum absolute atomic E-state index is 0.0437. The van der Waals surface area contributed by atoms with E-state index >= 15 is 4.39 Å². The number of fused-ring (bicyclic) bond motifs is 2. The van der Waals surface area contributed by atoms with E-state index in [0.29, 0.717) is 36.1 Å². The number of carbonyl (C=O) groups is 1. The first kappa shape index (κ1) is 25.7. The number of nitrogens with zero attached hydrogens (tertiary/aromatic N) is 7. The predicted octanol–water partition coefficient (Wildman–Crippen LogP) is 2.59. The van der Waals surface area contributed by atoms with E-state index in [4.69, 9.17) is 9.84 Å². The maximum absolute atomic E-state index is 15.3. The van der Waals surface area contributed by atoms with E-state index in [2.05, 4.69) is 25.7 Å². The van der Waals surface area contributed by atoms with Gasteiger partial charge in [-0.05, 0) is 30.0 Å². The Labute approximate surface area is 215 Å². The summed E-state index contributed by atoms with van der Waals surface area (Å²) in [6, 6.07) is 4.70. The summed E-state index contributed by atoms with van der Waals surface area (Å²) in [5.74, 6) is -3.54. The summed E-state index contributed by atoms with van der Waals surface area (Å²) in [4.78, 5) is 17.9. The summed E-state index contributed by atoms with van der Waals surface area (Å²) in [5, 5.41) is 24.6. The van der Waals surface area contributed by atoms with Crippen LogP contribution in [0.1, 0.15) is 20.3 Å². The molecule has 2 N–H and O–H groups in total. The van der Waals surface area contributed by atoms with Gasteiger partial charge < -0.3 is 20.1 Å². The molecule has 5 rings (SSSR count). The van der Waals surface area contributed by atoms with Crippen LogP contribution >= 0.6 is 0 Å². The lowest BCUT2D eigenvalue weighted by molar-refractivity contribution is -0.136. The quantitative estimate of drug-likeness (QED) is 0.373. The van der Waals surface area contributed by atoms with Crippen molar-refractivity contribution in [1.82, 2.24) is 34.5 Å². The second-order valence-corrected chi connectivity index (χ2v) is 9.63. The van der Waals surface area contributed by atoms with Gasteiger partial charge in [-0.3, -0.25) is 4.79 Å². The van der Waals surface area contributed by atoms with Crippen molar-refractivity contribution in [3.8, 4) is 17.0 Å². The SMILES string of the molecule is COc1nc(N[C@H]2CCN(C(=O)CO)C[C@H]2C)nn2cc(F)c(-c3ccc4nnn(CC(C)(F)F)c4c3)c12. The van der Waals surface area contributed by atoms with Crippen molar-refractivity contribution in [1.29, 1.82) is 0 Å². The summed E-state index contributed by atoms with van der Waals surface area (Å²) in [5.41, 5.74) is 1.55. The monoisotopic (exact) mass is 532 g/mol. The number of rotatable bonds is 7. The van der Waals surface area contributed by atoms with Gasteiger partial charge in [0.1, 0.15) is 24.2 Å². The second kappa shape index (κ2) is 9.74. The number of piperidine rings is 1. The van der Waals surface area contributed by atoms with E-state index in [1.165, 1.54) is 17.8 Å². The van der Waals surface area contributed by atoms with Crippen molar-refractivity contribution in [2.75, 3.05) is 32.1 Å². The number of anilines is 1. The third-order valence-corrected chi connectivity index (χ3v) is 6.68. The van der Waals surface area contributed by atoms with Gasteiger partial charge in [-0.25, -0.2) is 22.4 Å². The number of nitrogens with one attached hydrogen (secondary N) is 1. The van der Waals surface area contributed by atoms with Crippen molar-refractivity contribution in [2.45, 2.75) is 38.8 Å². The van der Waals surface area contributed by atoms with Gasteiger partial charge in [0.15, 0.2) is 5.82 Å². The van der Waals surface area contributed by atoms with Crippen molar-refractivity contribution in [3.63, 3.8) is 0 Å². The van der Waals surface area contributed by atoms with Gasteiger partial charge in [0.2, 0.25) is 17.7 Å². The molecular formula is C24H27F3N8O3. The van der Waals surface area contributed by atoms with Gasteiger partial charge in [0.05, 0.1) is 24.4 Å². The van der Waals surface area contributed by atoms with Crippen molar-refractivity contribution in [3.05, 3.63) is 30.2 Å². The first-order chi connectivity index (χ1) is 18.1. The number of alkyl halides is 2. The standard InChI is InChI=1S/C24H27F3N8O3/c1-13-9-33(19(37)11-36)7-6-16(13)28-23-29-22(38-3)21-20(15(25)10-34(21)31-23)14-4-5-17-18(8-14)35(32-30-17)12-24(2,26)27/h4-5,8,10,13,16,36H,6-7,9,11-12H2,1-3H3,(H,28,31)/t13-,16+/m1/s1. The van der Waals surface area contributed by atoms with Crippen molar-refractivity contribution in [2.24, 2.45) is 5.92 Å². The van der Waals surface area contributed by atoms with Gasteiger partial charge in [-0.2, -0.15) is 4.98 Å². The largest absolute Gasteiger partial charge is 0.479 e. The number of hydrogen-bond donors (Lipinski definition) is 2. The molecule has 3 aromatic heterocycles. The number of hydrogen-bond acceptors (Lipinski definition) is 8. The van der Waals surface area contributed by atoms with E-state index in [1.54, 1.807) is 23.1 Å². The molecule has 2 atom stereocenters. The molecule has 1 saturated heterocycles. The van der Waals surface area contributed by atoms with E-state index in [9.17, 15) is 13.6 Å². The van der Waals surface area contributed by atoms with Crippen LogP contribution < -0.4 is 10.1 Å². The van der Waals surface area contributed by atoms with Crippen LogP contribution in [0.25, 0.3) is 27.7 Å². The number of likely N-dealkylation sites (tertiary alicyclic amines) is 1. The molecule has 0 bridgehead atoms. The first-order valence-electron chi connectivity index (χ1n) is 12.1. The fourth-order valence-electron chi connectivity index (χ4n) is 4.85. The highest BCUT2D eigenvalue weighted by atomic mass is 19.3. The van der Waals surface area contributed by atoms with Gasteiger partial charge in [-0.1, -0.05) is 18.2 Å². The van der Waals surface area contributed by atoms with Crippen molar-refractivity contribution >= 4 is 28.4 Å². The first-order valence-corrected chi connectivity index (χ1v) is 12.1. The zero-order valence-electron chi connectivity index (χ0n) is 21.0. The Morgan fingerprint density at radius 1 is 1.34 bits per heavy atom. The Balaban J connectivity index is 1.49. The summed E-state index contributed by atoms with van der Waals surface area (Å²) >= 11 is 0. The summed E-state index contributed by atoms with van der Waals surface area (Å²) in [7, 11) is 1.41. The van der Waals surface area contributed by atoms with Crippen LogP contribution in [-0.2, 0) is 11.3 Å². The molecule has 4 heterocycles. The Morgan fingerprint density at radius 2 is 2.13 bits per heavy atom. The Morgan fingerprint density at radius 3 is 2.82 bits per heavy atom. The number of carbonyl (C=O) groups excluding carboxylic acids is 1. The molecule has 0 saturated carbocycles. The number of benzene rings is 1. The zero-order chi connectivity index (χ0) is 27.2. The molecule has 0 radical (unpaired) electrons. The molecule has 1 aliphatic rings. The van der Waals surface area contributed by atoms with Gasteiger partial charge in [-0.15, -0.1) is 10.2 Å². The Kier molecular flexibility index (Phi) is 6.59. The van der Waals surface area contributed by atoms with E-state index in [1.807, 2.05) is 6.92 Å². The van der Waals surface area contributed by atoms with Crippen LogP contribution in [0, 0.1) is 11.7 Å². The smallest absolute Gasteiger partial charge is 0.264 e. The second-order valence-electron chi connectivity index (χ2n) is 9.63. The molecule has 202 valence electrons. The van der Waals surface area contributed by atoms with Crippen LogP contribution in [0.4, 0.5) is 19.1 Å². The molecule has 1 amide bonds. The van der Waals surface area contributed by atoms with Crippen LogP contribution in [0.5, 0.6) is 5.88 Å². The predicted molar refractivity (Wildman–Crippen MR) is 131 cm³/mol. The number of aliphatic hydroxyl groups excluding tert-OH is 1. The van der Waals surface area contributed by atoms with Gasteiger partial charge >= 0.3 is 0 Å². The Bertz CT molecular complexity index is 1500. The fourth-order valence-corrected chi connectivity index (χ4v) is 4.85. The lowest BCUT2D eigenvalue weighted by Gasteiger charge is -2.37. The topological polar surface area (TPSA) is 123 Å². The van der Waals surface area contributed by atoms with Crippen LogP contribution in [0.3, 0.4) is 0 Å². The molecule has 14 heteroatoms. The Hall–Kier alpha value is -3.94. The average Bonchev–Trinajstić information content (AvgIpc) is 3.42. The maximum Gasteiger partial charge on any atom is 0.264 e. The number of halogens is 3. The maximum atomic E-state index is 15.3. The van der Waals surface area contributed by atoms with E-state index < -0.39 is 24.9 Å². The fraction of sp³-hybridized carbons (Fsp3) is 0.458. The third-order valence-electron chi connectivity index (χ3n) is 6.68. The molecule has 4 aromatic rings. The summed E-state index contributed by atoms with van der Waals surface area (Å²) in [6.45, 7) is 2.51. The van der Waals surface area contributed by atoms with Gasteiger partial charge in [0.25, 0.3) is 5.92 Å². The molecule has 38 heavy (non-hydrogen) atoms. The summed E-state index contributed by atoms with van der Waals surface area (Å²) < 4.78 is 50.5. The number of ether oxygens (including phenoxy) is 1. The van der Waals surface area contributed by atoms with Crippen LogP contribution in [0.2, 0.25) is 0 Å².